The van der Waals surface area contributed by atoms with E-state index in [1.165, 1.54) is 13.1 Å². The Labute approximate surface area is 94.6 Å². The Hall–Kier alpha value is -0.120. The van der Waals surface area contributed by atoms with Gasteiger partial charge < -0.3 is 10.6 Å². The quantitative estimate of drug-likeness (QED) is 0.763. The maximum atomic E-state index is 6.01. The zero-order valence-electron chi connectivity index (χ0n) is 11.0. The highest BCUT2D eigenvalue weighted by Crippen LogP contribution is 2.15. The number of likely N-dealkylation sites (N-methyl/N-ethyl adjacent to an activating group) is 1. The van der Waals surface area contributed by atoms with E-state index < -0.39 is 0 Å². The maximum Gasteiger partial charge on any atom is 0.0195 e. The summed E-state index contributed by atoms with van der Waals surface area (Å²) in [4.78, 5) is 5.01. The summed E-state index contributed by atoms with van der Waals surface area (Å²) in [6.07, 6.45) is 1.08. The van der Waals surface area contributed by atoms with Crippen molar-refractivity contribution in [3.05, 3.63) is 0 Å². The van der Waals surface area contributed by atoms with E-state index in [-0.39, 0.29) is 5.54 Å². The lowest BCUT2D eigenvalue weighted by Crippen LogP contribution is -2.55. The summed E-state index contributed by atoms with van der Waals surface area (Å²) >= 11 is 0. The Balaban J connectivity index is 2.38. The molecule has 0 radical (unpaired) electrons. The van der Waals surface area contributed by atoms with E-state index in [1.807, 2.05) is 0 Å². The van der Waals surface area contributed by atoms with E-state index in [2.05, 4.69) is 44.5 Å². The van der Waals surface area contributed by atoms with Crippen LogP contribution in [0.25, 0.3) is 0 Å². The van der Waals surface area contributed by atoms with Crippen LogP contribution in [0.5, 0.6) is 0 Å². The van der Waals surface area contributed by atoms with Crippen molar-refractivity contribution in [2.45, 2.75) is 51.7 Å². The molecule has 0 spiro atoms. The van der Waals surface area contributed by atoms with Gasteiger partial charge >= 0.3 is 0 Å². The fourth-order valence-electron chi connectivity index (χ4n) is 2.14. The first kappa shape index (κ1) is 12.9. The third-order valence-corrected chi connectivity index (χ3v) is 3.51. The van der Waals surface area contributed by atoms with Crippen molar-refractivity contribution in [1.82, 2.24) is 9.80 Å². The van der Waals surface area contributed by atoms with Gasteiger partial charge in [0.25, 0.3) is 0 Å². The Morgan fingerprint density at radius 3 is 2.07 bits per heavy atom. The van der Waals surface area contributed by atoms with Gasteiger partial charge in [-0.1, -0.05) is 0 Å². The lowest BCUT2D eigenvalue weighted by molar-refractivity contribution is 0.0565. The summed E-state index contributed by atoms with van der Waals surface area (Å²) in [5, 5.41) is 0. The molecule has 1 fully saturated rings. The third-order valence-electron chi connectivity index (χ3n) is 3.51. The molecule has 1 heterocycles. The summed E-state index contributed by atoms with van der Waals surface area (Å²) in [5.74, 6) is 0. The molecule has 0 saturated carbocycles. The van der Waals surface area contributed by atoms with Gasteiger partial charge in [0.15, 0.2) is 0 Å². The SMILES string of the molecule is CC1CN(CCC(C)(C)N)CC(C)N1C. The summed E-state index contributed by atoms with van der Waals surface area (Å²) < 4.78 is 0. The summed E-state index contributed by atoms with van der Waals surface area (Å²) in [6.45, 7) is 12.3. The van der Waals surface area contributed by atoms with Gasteiger partial charge in [-0.05, 0) is 47.7 Å². The molecule has 3 nitrogen and oxygen atoms in total. The lowest BCUT2D eigenvalue weighted by Gasteiger charge is -2.43. The molecule has 2 N–H and O–H groups in total. The molecule has 0 aromatic heterocycles. The average molecular weight is 213 g/mol. The van der Waals surface area contributed by atoms with Crippen molar-refractivity contribution in [2.75, 3.05) is 26.7 Å². The molecular weight excluding hydrogens is 186 g/mol. The first-order chi connectivity index (χ1) is 6.79. The van der Waals surface area contributed by atoms with Crippen molar-refractivity contribution in [1.29, 1.82) is 0 Å². The highest BCUT2D eigenvalue weighted by atomic mass is 15.3. The first-order valence-corrected chi connectivity index (χ1v) is 6.03. The van der Waals surface area contributed by atoms with Crippen LogP contribution >= 0.6 is 0 Å². The van der Waals surface area contributed by atoms with Gasteiger partial charge in [0.1, 0.15) is 0 Å². The number of nitrogens with zero attached hydrogens (tertiary/aromatic N) is 2. The van der Waals surface area contributed by atoms with Crippen LogP contribution in [-0.2, 0) is 0 Å². The van der Waals surface area contributed by atoms with Gasteiger partial charge in [-0.25, -0.2) is 0 Å². The smallest absolute Gasteiger partial charge is 0.0195 e. The van der Waals surface area contributed by atoms with Crippen LogP contribution in [0, 0.1) is 0 Å². The maximum absolute atomic E-state index is 6.01. The largest absolute Gasteiger partial charge is 0.326 e. The fraction of sp³-hybridized carbons (Fsp3) is 1.00. The third kappa shape index (κ3) is 4.09. The van der Waals surface area contributed by atoms with Crippen LogP contribution in [0.4, 0.5) is 0 Å². The van der Waals surface area contributed by atoms with Crippen molar-refractivity contribution >= 4 is 0 Å². The second kappa shape index (κ2) is 4.81. The number of hydrogen-bond acceptors (Lipinski definition) is 3. The normalized spacial score (nSPS) is 30.8. The molecule has 0 amide bonds. The Kier molecular flexibility index (Phi) is 4.15. The predicted molar refractivity (Wildman–Crippen MR) is 66.0 cm³/mol. The monoisotopic (exact) mass is 213 g/mol. The van der Waals surface area contributed by atoms with Crippen LogP contribution in [0.1, 0.15) is 34.1 Å². The Morgan fingerprint density at radius 2 is 1.67 bits per heavy atom. The van der Waals surface area contributed by atoms with Gasteiger partial charge in [0, 0.05) is 30.7 Å². The molecule has 3 heteroatoms. The van der Waals surface area contributed by atoms with E-state index in [9.17, 15) is 0 Å². The number of nitrogens with two attached hydrogens (primary N) is 1. The zero-order valence-corrected chi connectivity index (χ0v) is 11.0. The molecular formula is C12H27N3. The second-order valence-electron chi connectivity index (χ2n) is 5.86. The first-order valence-electron chi connectivity index (χ1n) is 6.03. The van der Waals surface area contributed by atoms with Crippen molar-refractivity contribution in [2.24, 2.45) is 5.73 Å². The number of piperazine rings is 1. The molecule has 0 aliphatic carbocycles. The van der Waals surface area contributed by atoms with Gasteiger partial charge in [-0.3, -0.25) is 4.90 Å². The molecule has 0 aromatic rings. The minimum atomic E-state index is -0.0319. The van der Waals surface area contributed by atoms with Gasteiger partial charge in [0.05, 0.1) is 0 Å². The van der Waals surface area contributed by atoms with Gasteiger partial charge in [-0.15, -0.1) is 0 Å². The molecule has 1 aliphatic rings. The molecule has 2 atom stereocenters. The lowest BCUT2D eigenvalue weighted by atomic mass is 10.0. The van der Waals surface area contributed by atoms with Crippen LogP contribution in [-0.4, -0.2) is 54.1 Å². The molecule has 90 valence electrons. The molecule has 0 aromatic carbocycles. The summed E-state index contributed by atoms with van der Waals surface area (Å²) in [5.41, 5.74) is 5.98. The van der Waals surface area contributed by atoms with Gasteiger partial charge in [-0.2, -0.15) is 0 Å². The van der Waals surface area contributed by atoms with Crippen molar-refractivity contribution in [3.63, 3.8) is 0 Å². The van der Waals surface area contributed by atoms with E-state index in [1.54, 1.807) is 0 Å². The highest BCUT2D eigenvalue weighted by Gasteiger charge is 2.26. The van der Waals surface area contributed by atoms with Crippen LogP contribution in [0.3, 0.4) is 0 Å². The van der Waals surface area contributed by atoms with E-state index in [0.29, 0.717) is 12.1 Å². The second-order valence-corrected chi connectivity index (χ2v) is 5.86. The zero-order chi connectivity index (χ0) is 11.6. The summed E-state index contributed by atoms with van der Waals surface area (Å²) in [6, 6.07) is 1.32. The van der Waals surface area contributed by atoms with Crippen molar-refractivity contribution < 1.29 is 0 Å². The Bertz CT molecular complexity index is 186. The van der Waals surface area contributed by atoms with Gasteiger partial charge in [0.2, 0.25) is 0 Å². The average Bonchev–Trinajstić information content (AvgIpc) is 2.09. The highest BCUT2D eigenvalue weighted by molar-refractivity contribution is 4.84. The minimum Gasteiger partial charge on any atom is -0.326 e. The number of rotatable bonds is 3. The van der Waals surface area contributed by atoms with Crippen LogP contribution in [0.2, 0.25) is 0 Å². The van der Waals surface area contributed by atoms with E-state index in [0.717, 1.165) is 13.0 Å². The van der Waals surface area contributed by atoms with Crippen molar-refractivity contribution in [3.8, 4) is 0 Å². The molecule has 1 saturated heterocycles. The van der Waals surface area contributed by atoms with Crippen LogP contribution in [0.15, 0.2) is 0 Å². The van der Waals surface area contributed by atoms with Crippen LogP contribution < -0.4 is 5.73 Å². The summed E-state index contributed by atoms with van der Waals surface area (Å²) in [7, 11) is 2.22. The molecule has 1 aliphatic heterocycles. The molecule has 2 unspecified atom stereocenters. The molecule has 1 rings (SSSR count). The molecule has 0 bridgehead atoms. The standard InChI is InChI=1S/C12H27N3/c1-10-8-15(7-6-12(3,4)13)9-11(2)14(10)5/h10-11H,6-9,13H2,1-5H3. The fourth-order valence-corrected chi connectivity index (χ4v) is 2.14. The van der Waals surface area contributed by atoms with E-state index >= 15 is 0 Å². The van der Waals surface area contributed by atoms with E-state index in [4.69, 9.17) is 5.73 Å². The Morgan fingerprint density at radius 1 is 1.20 bits per heavy atom. The topological polar surface area (TPSA) is 32.5 Å². The number of hydrogen-bond donors (Lipinski definition) is 1. The molecule has 15 heavy (non-hydrogen) atoms. The predicted octanol–water partition coefficient (Wildman–Crippen LogP) is 1.14. The minimum absolute atomic E-state index is 0.0319.